The van der Waals surface area contributed by atoms with E-state index in [1.807, 2.05) is 0 Å². The van der Waals surface area contributed by atoms with Crippen LogP contribution in [0.25, 0.3) is 0 Å². The van der Waals surface area contributed by atoms with Crippen molar-refractivity contribution < 1.29 is 9.47 Å². The third-order valence-electron chi connectivity index (χ3n) is 3.17. The minimum absolute atomic E-state index is 0.139. The van der Waals surface area contributed by atoms with Gasteiger partial charge in [-0.2, -0.15) is 0 Å². The van der Waals surface area contributed by atoms with Crippen molar-refractivity contribution >= 4 is 0 Å². The Labute approximate surface area is 118 Å². The maximum Gasteiger partial charge on any atom is 0.146 e. The van der Waals surface area contributed by atoms with Crippen molar-refractivity contribution in [1.82, 2.24) is 0 Å². The van der Waals surface area contributed by atoms with Gasteiger partial charge in [0.15, 0.2) is 0 Å². The fourth-order valence-electron chi connectivity index (χ4n) is 2.20. The topological polar surface area (TPSA) is 18.5 Å². The van der Waals surface area contributed by atoms with E-state index in [4.69, 9.17) is 9.47 Å². The molecule has 0 amide bonds. The zero-order chi connectivity index (χ0) is 14.7. The van der Waals surface area contributed by atoms with E-state index in [0.717, 1.165) is 0 Å². The second-order valence-corrected chi connectivity index (χ2v) is 7.13. The molecule has 2 heteroatoms. The molecule has 0 aliphatic carbocycles. The van der Waals surface area contributed by atoms with E-state index >= 15 is 0 Å². The van der Waals surface area contributed by atoms with Crippen molar-refractivity contribution in [3.8, 4) is 0 Å². The lowest BCUT2D eigenvalue weighted by Crippen LogP contribution is -2.22. The van der Waals surface area contributed by atoms with Gasteiger partial charge in [-0.15, -0.1) is 0 Å². The summed E-state index contributed by atoms with van der Waals surface area (Å²) < 4.78 is 10.4. The van der Waals surface area contributed by atoms with Crippen LogP contribution in [0.4, 0.5) is 0 Å². The second-order valence-electron chi connectivity index (χ2n) is 7.13. The summed E-state index contributed by atoms with van der Waals surface area (Å²) in [6.45, 7) is 14.5. The maximum atomic E-state index is 5.44. The van der Waals surface area contributed by atoms with Crippen LogP contribution in [-0.4, -0.2) is 13.9 Å². The summed E-state index contributed by atoms with van der Waals surface area (Å²) in [4.78, 5) is 0. The van der Waals surface area contributed by atoms with Crippen LogP contribution < -0.4 is 0 Å². The van der Waals surface area contributed by atoms with Gasteiger partial charge in [-0.25, -0.2) is 0 Å². The highest BCUT2D eigenvalue weighted by Crippen LogP contribution is 2.34. The molecule has 1 rings (SSSR count). The van der Waals surface area contributed by atoms with Gasteiger partial charge in [0.05, 0.1) is 6.61 Å². The number of methoxy groups -OCH3 is 1. The van der Waals surface area contributed by atoms with Gasteiger partial charge in [0.25, 0.3) is 0 Å². The highest BCUT2D eigenvalue weighted by Gasteiger charge is 2.25. The number of benzene rings is 1. The van der Waals surface area contributed by atoms with Gasteiger partial charge in [0.2, 0.25) is 0 Å². The Morgan fingerprint density at radius 1 is 0.895 bits per heavy atom. The third kappa shape index (κ3) is 4.63. The summed E-state index contributed by atoms with van der Waals surface area (Å²) in [7, 11) is 1.64. The maximum absolute atomic E-state index is 5.44. The molecule has 0 saturated heterocycles. The molecule has 108 valence electrons. The smallest absolute Gasteiger partial charge is 0.146 e. The summed E-state index contributed by atoms with van der Waals surface area (Å²) >= 11 is 0. The minimum atomic E-state index is 0.139. The van der Waals surface area contributed by atoms with Crippen LogP contribution in [0.15, 0.2) is 18.2 Å². The number of hydrogen-bond acceptors (Lipinski definition) is 2. The average Bonchev–Trinajstić information content (AvgIpc) is 2.26. The molecule has 1 aromatic carbocycles. The van der Waals surface area contributed by atoms with E-state index in [2.05, 4.69) is 59.7 Å². The molecule has 0 fully saturated rings. The minimum Gasteiger partial charge on any atom is -0.359 e. The van der Waals surface area contributed by atoms with Crippen LogP contribution in [0.2, 0.25) is 0 Å². The lowest BCUT2D eigenvalue weighted by molar-refractivity contribution is -0.0391. The Balaban J connectivity index is 3.10. The molecule has 0 aromatic heterocycles. The van der Waals surface area contributed by atoms with E-state index in [-0.39, 0.29) is 10.8 Å². The molecule has 0 radical (unpaired) electrons. The highest BCUT2D eigenvalue weighted by molar-refractivity contribution is 5.40. The Hall–Kier alpha value is -0.860. The molecule has 0 saturated carbocycles. The van der Waals surface area contributed by atoms with E-state index in [1.165, 1.54) is 16.7 Å². The Morgan fingerprint density at radius 2 is 1.47 bits per heavy atom. The monoisotopic (exact) mass is 264 g/mol. The Morgan fingerprint density at radius 3 is 1.95 bits per heavy atom. The molecular weight excluding hydrogens is 236 g/mol. The summed E-state index contributed by atoms with van der Waals surface area (Å²) in [5.74, 6) is 0. The zero-order valence-electron chi connectivity index (χ0n) is 13.5. The van der Waals surface area contributed by atoms with Gasteiger partial charge in [0.1, 0.15) is 6.79 Å². The molecule has 0 spiro atoms. The molecule has 0 aliphatic rings. The largest absolute Gasteiger partial charge is 0.359 e. The van der Waals surface area contributed by atoms with Gasteiger partial charge in [-0.1, -0.05) is 59.7 Å². The molecule has 19 heavy (non-hydrogen) atoms. The van der Waals surface area contributed by atoms with Crippen molar-refractivity contribution in [2.75, 3.05) is 13.9 Å². The van der Waals surface area contributed by atoms with Crippen LogP contribution in [0.1, 0.15) is 58.2 Å². The van der Waals surface area contributed by atoms with Crippen LogP contribution in [-0.2, 0) is 26.9 Å². The molecular formula is C17H28O2. The highest BCUT2D eigenvalue weighted by atomic mass is 16.7. The first-order chi connectivity index (χ1) is 8.66. The molecule has 0 atom stereocenters. The van der Waals surface area contributed by atoms with Gasteiger partial charge in [-0.05, 0) is 27.5 Å². The van der Waals surface area contributed by atoms with Crippen molar-refractivity contribution in [3.63, 3.8) is 0 Å². The summed E-state index contributed by atoms with van der Waals surface area (Å²) in [6, 6.07) is 6.67. The number of ether oxygens (including phenoxy) is 2. The third-order valence-corrected chi connectivity index (χ3v) is 3.17. The summed E-state index contributed by atoms with van der Waals surface area (Å²) in [5.41, 5.74) is 4.32. The quantitative estimate of drug-likeness (QED) is 0.592. The van der Waals surface area contributed by atoms with E-state index in [1.54, 1.807) is 7.11 Å². The van der Waals surface area contributed by atoms with Gasteiger partial charge in [-0.3, -0.25) is 0 Å². The summed E-state index contributed by atoms with van der Waals surface area (Å²) in [6.07, 6.45) is 0. The standard InChI is InChI=1S/C17H28O2/c1-16(2,3)14-9-8-13(11-19-12-18-7)10-15(14)17(4,5)6/h8-10H,11-12H2,1-7H3. The van der Waals surface area contributed by atoms with Crippen LogP contribution in [0, 0.1) is 0 Å². The molecule has 2 nitrogen and oxygen atoms in total. The first-order valence-corrected chi connectivity index (χ1v) is 6.87. The van der Waals surface area contributed by atoms with Crippen LogP contribution in [0.3, 0.4) is 0 Å². The molecule has 0 aliphatic heterocycles. The Bertz CT molecular complexity index is 408. The van der Waals surface area contributed by atoms with Gasteiger partial charge < -0.3 is 9.47 Å². The van der Waals surface area contributed by atoms with Crippen LogP contribution >= 0.6 is 0 Å². The molecule has 0 bridgehead atoms. The van der Waals surface area contributed by atoms with Crippen molar-refractivity contribution in [1.29, 1.82) is 0 Å². The SMILES string of the molecule is COCOCc1ccc(C(C)(C)C)c(C(C)(C)C)c1. The van der Waals surface area contributed by atoms with E-state index in [9.17, 15) is 0 Å². The van der Waals surface area contributed by atoms with Gasteiger partial charge in [0, 0.05) is 7.11 Å². The van der Waals surface area contributed by atoms with Crippen LogP contribution in [0.5, 0.6) is 0 Å². The zero-order valence-corrected chi connectivity index (χ0v) is 13.5. The normalized spacial score (nSPS) is 12.8. The van der Waals surface area contributed by atoms with E-state index < -0.39 is 0 Å². The van der Waals surface area contributed by atoms with E-state index in [0.29, 0.717) is 13.4 Å². The Kier molecular flexibility index (Phi) is 5.17. The number of rotatable bonds is 4. The predicted octanol–water partition coefficient (Wildman–Crippen LogP) is 4.40. The first-order valence-electron chi connectivity index (χ1n) is 6.87. The second kappa shape index (κ2) is 6.06. The van der Waals surface area contributed by atoms with Gasteiger partial charge >= 0.3 is 0 Å². The molecule has 1 aromatic rings. The lowest BCUT2D eigenvalue weighted by atomic mass is 9.75. The van der Waals surface area contributed by atoms with Crippen molar-refractivity contribution in [2.24, 2.45) is 0 Å². The molecule has 0 heterocycles. The van der Waals surface area contributed by atoms with Crippen molar-refractivity contribution in [2.45, 2.75) is 59.0 Å². The molecule has 0 N–H and O–H groups in total. The average molecular weight is 264 g/mol. The fourth-order valence-corrected chi connectivity index (χ4v) is 2.20. The molecule has 0 unspecified atom stereocenters. The first kappa shape index (κ1) is 16.2. The lowest BCUT2D eigenvalue weighted by Gasteiger charge is -2.30. The van der Waals surface area contributed by atoms with Crippen molar-refractivity contribution in [3.05, 3.63) is 34.9 Å². The number of hydrogen-bond donors (Lipinski definition) is 0. The summed E-state index contributed by atoms with van der Waals surface area (Å²) in [5, 5.41) is 0. The fraction of sp³-hybridized carbons (Fsp3) is 0.647. The predicted molar refractivity (Wildman–Crippen MR) is 80.5 cm³/mol.